The molecule has 0 saturated carbocycles. The van der Waals surface area contributed by atoms with Gasteiger partial charge in [-0.3, -0.25) is 9.69 Å². The first-order chi connectivity index (χ1) is 16.5. The zero-order chi connectivity index (χ0) is 23.7. The number of piperidine rings is 1. The van der Waals surface area contributed by atoms with Gasteiger partial charge in [0, 0.05) is 48.4 Å². The molecule has 2 fully saturated rings. The summed E-state index contributed by atoms with van der Waals surface area (Å²) in [6.07, 6.45) is 4.73. The third-order valence-electron chi connectivity index (χ3n) is 7.55. The van der Waals surface area contributed by atoms with Crippen molar-refractivity contribution in [3.8, 4) is 0 Å². The number of carbonyl (C=O) groups excluding carboxylic acids is 1. The molecule has 2 atom stereocenters. The molecule has 2 saturated heterocycles. The number of anilines is 1. The third-order valence-corrected chi connectivity index (χ3v) is 7.55. The Labute approximate surface area is 202 Å². The van der Waals surface area contributed by atoms with E-state index in [1.807, 2.05) is 65.6 Å². The van der Waals surface area contributed by atoms with Crippen molar-refractivity contribution in [1.29, 1.82) is 0 Å². The van der Waals surface area contributed by atoms with E-state index in [4.69, 9.17) is 0 Å². The molecule has 1 aromatic heterocycles. The van der Waals surface area contributed by atoms with Crippen LogP contribution in [0.1, 0.15) is 73.5 Å². The molecule has 0 radical (unpaired) electrons. The van der Waals surface area contributed by atoms with E-state index in [-0.39, 0.29) is 5.91 Å². The minimum Gasteiger partial charge on any atom is -0.312 e. The molecule has 178 valence electrons. The van der Waals surface area contributed by atoms with Gasteiger partial charge >= 0.3 is 0 Å². The van der Waals surface area contributed by atoms with Crippen molar-refractivity contribution in [2.75, 3.05) is 18.0 Å². The average Bonchev–Trinajstić information content (AvgIpc) is 3.35. The Morgan fingerprint density at radius 2 is 1.56 bits per heavy atom. The van der Waals surface area contributed by atoms with Gasteiger partial charge in [0.25, 0.3) is 5.91 Å². The first-order valence-corrected chi connectivity index (χ1v) is 12.6. The highest BCUT2D eigenvalue weighted by molar-refractivity contribution is 6.06. The summed E-state index contributed by atoms with van der Waals surface area (Å²) in [5.41, 5.74) is 1.69. The lowest BCUT2D eigenvalue weighted by Crippen LogP contribution is -2.48. The standard InChI is InChI=1S/C28H35N5O/c1-20(2)27-30-29-21(3)33(27)26-18-24-14-15-25(19-26)31(24)16-17-32(23-12-8-5-9-13-23)28(34)22-10-6-4-7-11-22/h4-13,20,24-26H,14-19H2,1-3H3/t24-,25-/m1/s1. The molecule has 0 unspecified atom stereocenters. The molecule has 2 aliphatic rings. The SMILES string of the molecule is Cc1nnc(C(C)C)n1C1C[C@H]2CC[C@H](C1)N2CCN(C(=O)c1ccccc1)c1ccccc1. The zero-order valence-electron chi connectivity index (χ0n) is 20.5. The van der Waals surface area contributed by atoms with Crippen LogP contribution in [0.4, 0.5) is 5.69 Å². The lowest BCUT2D eigenvalue weighted by atomic mass is 9.96. The predicted molar refractivity (Wildman–Crippen MR) is 135 cm³/mol. The molecule has 6 nitrogen and oxygen atoms in total. The molecule has 2 aromatic carbocycles. The Hall–Kier alpha value is -2.99. The highest BCUT2D eigenvalue weighted by Crippen LogP contribution is 2.42. The number of para-hydroxylation sites is 1. The van der Waals surface area contributed by atoms with Crippen molar-refractivity contribution in [2.24, 2.45) is 0 Å². The summed E-state index contributed by atoms with van der Waals surface area (Å²) < 4.78 is 2.41. The Kier molecular flexibility index (Phi) is 6.50. The maximum absolute atomic E-state index is 13.4. The van der Waals surface area contributed by atoms with E-state index in [0.29, 0.717) is 30.6 Å². The summed E-state index contributed by atoms with van der Waals surface area (Å²) in [7, 11) is 0. The molecule has 1 amide bonds. The normalized spacial score (nSPS) is 22.3. The van der Waals surface area contributed by atoms with Crippen molar-refractivity contribution in [1.82, 2.24) is 19.7 Å². The number of aromatic nitrogens is 3. The Balaban J connectivity index is 1.32. The van der Waals surface area contributed by atoms with Crippen LogP contribution in [0.3, 0.4) is 0 Å². The van der Waals surface area contributed by atoms with Gasteiger partial charge in [0.15, 0.2) is 0 Å². The topological polar surface area (TPSA) is 54.3 Å². The van der Waals surface area contributed by atoms with Crippen molar-refractivity contribution in [2.45, 2.75) is 70.5 Å². The first kappa shape index (κ1) is 22.8. The minimum atomic E-state index is 0.0655. The van der Waals surface area contributed by atoms with Crippen molar-refractivity contribution < 1.29 is 4.79 Å². The quantitative estimate of drug-likeness (QED) is 0.488. The van der Waals surface area contributed by atoms with Crippen LogP contribution >= 0.6 is 0 Å². The summed E-state index contributed by atoms with van der Waals surface area (Å²) in [6.45, 7) is 8.07. The van der Waals surface area contributed by atoms with Gasteiger partial charge in [-0.15, -0.1) is 10.2 Å². The number of carbonyl (C=O) groups is 1. The van der Waals surface area contributed by atoms with Gasteiger partial charge in [0.2, 0.25) is 0 Å². The molecule has 34 heavy (non-hydrogen) atoms. The summed E-state index contributed by atoms with van der Waals surface area (Å²) in [5.74, 6) is 2.58. The average molecular weight is 458 g/mol. The molecule has 0 N–H and O–H groups in total. The Morgan fingerprint density at radius 1 is 0.941 bits per heavy atom. The van der Waals surface area contributed by atoms with Gasteiger partial charge in [0.05, 0.1) is 0 Å². The second kappa shape index (κ2) is 9.71. The minimum absolute atomic E-state index is 0.0655. The zero-order valence-corrected chi connectivity index (χ0v) is 20.5. The molecule has 0 aliphatic carbocycles. The maximum atomic E-state index is 13.4. The number of benzene rings is 2. The molecule has 2 aliphatic heterocycles. The lowest BCUT2D eigenvalue weighted by molar-refractivity contribution is 0.0940. The lowest BCUT2D eigenvalue weighted by Gasteiger charge is -2.41. The fourth-order valence-electron chi connectivity index (χ4n) is 5.96. The summed E-state index contributed by atoms with van der Waals surface area (Å²) in [6, 6.07) is 21.3. The van der Waals surface area contributed by atoms with E-state index >= 15 is 0 Å². The molecule has 6 heteroatoms. The smallest absolute Gasteiger partial charge is 0.258 e. The highest BCUT2D eigenvalue weighted by atomic mass is 16.2. The Bertz CT molecular complexity index is 1100. The predicted octanol–water partition coefficient (Wildman–Crippen LogP) is 5.22. The number of hydrogen-bond acceptors (Lipinski definition) is 4. The van der Waals surface area contributed by atoms with E-state index < -0.39 is 0 Å². The van der Waals surface area contributed by atoms with Gasteiger partial charge in [-0.05, 0) is 56.9 Å². The van der Waals surface area contributed by atoms with Crippen LogP contribution in [0, 0.1) is 6.92 Å². The third kappa shape index (κ3) is 4.39. The molecule has 3 heterocycles. The van der Waals surface area contributed by atoms with Crippen molar-refractivity contribution >= 4 is 11.6 Å². The summed E-state index contributed by atoms with van der Waals surface area (Å²) in [4.78, 5) is 18.0. The number of fused-ring (bicyclic) bond motifs is 2. The van der Waals surface area contributed by atoms with Crippen LogP contribution in [0.15, 0.2) is 60.7 Å². The fourth-order valence-corrected chi connectivity index (χ4v) is 5.96. The highest BCUT2D eigenvalue weighted by Gasteiger charge is 2.42. The van der Waals surface area contributed by atoms with Gasteiger partial charge in [0.1, 0.15) is 11.6 Å². The second-order valence-electron chi connectivity index (χ2n) is 10.0. The van der Waals surface area contributed by atoms with Gasteiger partial charge in [-0.1, -0.05) is 50.2 Å². The summed E-state index contributed by atoms with van der Waals surface area (Å²) in [5, 5.41) is 8.88. The molecular weight excluding hydrogens is 422 g/mol. The van der Waals surface area contributed by atoms with E-state index in [9.17, 15) is 4.79 Å². The fraction of sp³-hybridized carbons (Fsp3) is 0.464. The van der Waals surface area contributed by atoms with Crippen LogP contribution in [0.2, 0.25) is 0 Å². The largest absolute Gasteiger partial charge is 0.312 e. The van der Waals surface area contributed by atoms with Crippen molar-refractivity contribution in [3.05, 3.63) is 77.9 Å². The molecule has 2 bridgehead atoms. The number of aryl methyl sites for hydroxylation is 1. The number of nitrogens with zero attached hydrogens (tertiary/aromatic N) is 5. The van der Waals surface area contributed by atoms with Gasteiger partial charge in [-0.25, -0.2) is 0 Å². The number of hydrogen-bond donors (Lipinski definition) is 0. The van der Waals surface area contributed by atoms with E-state index in [2.05, 4.69) is 40.4 Å². The van der Waals surface area contributed by atoms with Crippen LogP contribution < -0.4 is 4.90 Å². The van der Waals surface area contributed by atoms with Crippen molar-refractivity contribution in [3.63, 3.8) is 0 Å². The molecule has 5 rings (SSSR count). The molecule has 3 aromatic rings. The number of rotatable bonds is 7. The molecular formula is C28H35N5O. The van der Waals surface area contributed by atoms with Crippen LogP contribution in [0.5, 0.6) is 0 Å². The van der Waals surface area contributed by atoms with Gasteiger partial charge in [-0.2, -0.15) is 0 Å². The van der Waals surface area contributed by atoms with E-state index in [1.165, 1.54) is 12.8 Å². The van der Waals surface area contributed by atoms with Gasteiger partial charge < -0.3 is 9.47 Å². The van der Waals surface area contributed by atoms with E-state index in [1.54, 1.807) is 0 Å². The monoisotopic (exact) mass is 457 g/mol. The summed E-state index contributed by atoms with van der Waals surface area (Å²) >= 11 is 0. The molecule has 0 spiro atoms. The van der Waals surface area contributed by atoms with Crippen LogP contribution in [-0.4, -0.2) is 50.7 Å². The maximum Gasteiger partial charge on any atom is 0.258 e. The van der Waals surface area contributed by atoms with E-state index in [0.717, 1.165) is 42.3 Å². The second-order valence-corrected chi connectivity index (χ2v) is 10.0. The number of amides is 1. The van der Waals surface area contributed by atoms with Crippen LogP contribution in [0.25, 0.3) is 0 Å². The first-order valence-electron chi connectivity index (χ1n) is 12.6. The van der Waals surface area contributed by atoms with Crippen LogP contribution in [-0.2, 0) is 0 Å². The Morgan fingerprint density at radius 3 is 2.18 bits per heavy atom.